The molecule has 7 heteroatoms. The van der Waals surface area contributed by atoms with Crippen molar-refractivity contribution in [2.45, 2.75) is 0 Å². The molecule has 23 heavy (non-hydrogen) atoms. The molecule has 0 radical (unpaired) electrons. The number of carbonyl (C=O) groups excluding carboxylic acids is 3. The number of nitrogens with two attached hydrogens (primary N) is 2. The Balaban J connectivity index is 2.35. The van der Waals surface area contributed by atoms with Crippen LogP contribution in [0.3, 0.4) is 0 Å². The third-order valence-corrected chi connectivity index (χ3v) is 3.44. The van der Waals surface area contributed by atoms with Crippen molar-refractivity contribution in [1.29, 1.82) is 0 Å². The van der Waals surface area contributed by atoms with E-state index >= 15 is 0 Å². The molecule has 6 nitrogen and oxygen atoms in total. The van der Waals surface area contributed by atoms with Gasteiger partial charge in [-0.3, -0.25) is 14.4 Å². The Kier molecular flexibility index (Phi) is 4.98. The maximum absolute atomic E-state index is 12.6. The van der Waals surface area contributed by atoms with Crippen molar-refractivity contribution in [3.8, 4) is 0 Å². The Morgan fingerprint density at radius 3 is 2.30 bits per heavy atom. The highest BCUT2D eigenvalue weighted by molar-refractivity contribution is 6.33. The molecule has 0 bridgehead atoms. The molecular formula is C16H14ClN3O3. The summed E-state index contributed by atoms with van der Waals surface area (Å²) < 4.78 is 0. The van der Waals surface area contributed by atoms with Gasteiger partial charge < -0.3 is 16.8 Å². The molecule has 2 amide bonds. The zero-order valence-electron chi connectivity index (χ0n) is 12.0. The first-order chi connectivity index (χ1) is 10.9. The van der Waals surface area contributed by atoms with E-state index in [1.54, 1.807) is 12.1 Å². The summed E-state index contributed by atoms with van der Waals surface area (Å²) in [4.78, 5) is 35.5. The number of nitrogens with one attached hydrogen (secondary N) is 1. The predicted octanol–water partition coefficient (Wildman–Crippen LogP) is 1.37. The lowest BCUT2D eigenvalue weighted by molar-refractivity contribution is -0.117. The number of benzene rings is 2. The summed E-state index contributed by atoms with van der Waals surface area (Å²) in [5.41, 5.74) is 11.6. The van der Waals surface area contributed by atoms with E-state index in [-0.39, 0.29) is 29.1 Å². The van der Waals surface area contributed by atoms with Crippen LogP contribution >= 0.6 is 11.6 Å². The quantitative estimate of drug-likeness (QED) is 0.566. The minimum absolute atomic E-state index is 0.146. The SMILES string of the molecule is NC(=O)CNC(=O)c1ccccc1C(=O)c1ccc(Cl)c(N)c1. The molecule has 0 fully saturated rings. The van der Waals surface area contributed by atoms with Gasteiger partial charge in [-0.15, -0.1) is 0 Å². The van der Waals surface area contributed by atoms with Crippen molar-refractivity contribution >= 4 is 34.9 Å². The standard InChI is InChI=1S/C16H14ClN3O3/c17-12-6-5-9(7-13(12)18)15(22)10-3-1-2-4-11(10)16(23)20-8-14(19)21/h1-7H,8,18H2,(H2,19,21)(H,20,23). The fourth-order valence-corrected chi connectivity index (χ4v) is 2.10. The second-order valence-corrected chi connectivity index (χ2v) is 5.17. The molecule has 2 aromatic carbocycles. The van der Waals surface area contributed by atoms with Crippen LogP contribution in [0.2, 0.25) is 5.02 Å². The van der Waals surface area contributed by atoms with Crippen LogP contribution < -0.4 is 16.8 Å². The molecule has 0 spiro atoms. The number of rotatable bonds is 5. The van der Waals surface area contributed by atoms with Crippen LogP contribution in [0.15, 0.2) is 42.5 Å². The molecule has 0 saturated carbocycles. The summed E-state index contributed by atoms with van der Waals surface area (Å²) in [6.07, 6.45) is 0. The predicted molar refractivity (Wildman–Crippen MR) is 87.3 cm³/mol. The van der Waals surface area contributed by atoms with Crippen molar-refractivity contribution in [2.24, 2.45) is 5.73 Å². The molecule has 118 valence electrons. The van der Waals surface area contributed by atoms with Crippen LogP contribution in [-0.2, 0) is 4.79 Å². The first kappa shape index (κ1) is 16.5. The zero-order chi connectivity index (χ0) is 17.0. The van der Waals surface area contributed by atoms with Gasteiger partial charge in [0.2, 0.25) is 5.91 Å². The van der Waals surface area contributed by atoms with Gasteiger partial charge in [0.05, 0.1) is 22.8 Å². The number of hydrogen-bond donors (Lipinski definition) is 3. The lowest BCUT2D eigenvalue weighted by atomic mass is 9.97. The van der Waals surface area contributed by atoms with Gasteiger partial charge in [0, 0.05) is 11.1 Å². The number of nitrogen functional groups attached to an aromatic ring is 1. The summed E-state index contributed by atoms with van der Waals surface area (Å²) in [5, 5.41) is 2.70. The largest absolute Gasteiger partial charge is 0.398 e. The van der Waals surface area contributed by atoms with Crippen LogP contribution in [0.25, 0.3) is 0 Å². The number of hydrogen-bond acceptors (Lipinski definition) is 4. The molecule has 0 aliphatic rings. The Labute approximate surface area is 137 Å². The maximum atomic E-state index is 12.6. The summed E-state index contributed by atoms with van der Waals surface area (Å²) in [6, 6.07) is 10.8. The van der Waals surface area contributed by atoms with Gasteiger partial charge in [-0.05, 0) is 24.3 Å². The highest BCUT2D eigenvalue weighted by Gasteiger charge is 2.18. The summed E-state index contributed by atoms with van der Waals surface area (Å²) >= 11 is 5.84. The maximum Gasteiger partial charge on any atom is 0.252 e. The molecule has 0 aliphatic heterocycles. The van der Waals surface area contributed by atoms with Crippen LogP contribution in [0.4, 0.5) is 5.69 Å². The highest BCUT2D eigenvalue weighted by atomic mass is 35.5. The number of primary amides is 1. The minimum Gasteiger partial charge on any atom is -0.398 e. The van der Waals surface area contributed by atoms with E-state index in [0.29, 0.717) is 10.6 Å². The molecule has 0 saturated heterocycles. The molecule has 0 atom stereocenters. The van der Waals surface area contributed by atoms with Gasteiger partial charge >= 0.3 is 0 Å². The first-order valence-corrected chi connectivity index (χ1v) is 7.03. The van der Waals surface area contributed by atoms with Gasteiger partial charge in [-0.25, -0.2) is 0 Å². The molecule has 0 aromatic heterocycles. The highest BCUT2D eigenvalue weighted by Crippen LogP contribution is 2.22. The van der Waals surface area contributed by atoms with E-state index < -0.39 is 11.8 Å². The van der Waals surface area contributed by atoms with Crippen LogP contribution in [-0.4, -0.2) is 24.1 Å². The third kappa shape index (κ3) is 3.87. The number of halogens is 1. The molecule has 0 heterocycles. The topological polar surface area (TPSA) is 115 Å². The van der Waals surface area contributed by atoms with E-state index in [2.05, 4.69) is 5.32 Å². The minimum atomic E-state index is -0.673. The van der Waals surface area contributed by atoms with Gasteiger partial charge in [-0.1, -0.05) is 29.8 Å². The van der Waals surface area contributed by atoms with E-state index in [9.17, 15) is 14.4 Å². The van der Waals surface area contributed by atoms with Crippen molar-refractivity contribution in [1.82, 2.24) is 5.32 Å². The van der Waals surface area contributed by atoms with Gasteiger partial charge in [-0.2, -0.15) is 0 Å². The molecule has 2 rings (SSSR count). The van der Waals surface area contributed by atoms with Crippen LogP contribution in [0.5, 0.6) is 0 Å². The van der Waals surface area contributed by atoms with Crippen molar-refractivity contribution in [3.05, 3.63) is 64.2 Å². The molecule has 5 N–H and O–H groups in total. The number of carbonyl (C=O) groups is 3. The Morgan fingerprint density at radius 1 is 1.04 bits per heavy atom. The summed E-state index contributed by atoms with van der Waals surface area (Å²) in [7, 11) is 0. The van der Waals surface area contributed by atoms with E-state index in [0.717, 1.165) is 0 Å². The summed E-state index contributed by atoms with van der Waals surface area (Å²) in [5.74, 6) is -1.61. The average molecular weight is 332 g/mol. The van der Waals surface area contributed by atoms with Crippen molar-refractivity contribution in [3.63, 3.8) is 0 Å². The Bertz CT molecular complexity index is 790. The van der Waals surface area contributed by atoms with Gasteiger partial charge in [0.15, 0.2) is 5.78 Å². The monoisotopic (exact) mass is 331 g/mol. The smallest absolute Gasteiger partial charge is 0.252 e. The number of ketones is 1. The number of anilines is 1. The van der Waals surface area contributed by atoms with Crippen LogP contribution in [0.1, 0.15) is 26.3 Å². The molecule has 2 aromatic rings. The zero-order valence-corrected chi connectivity index (χ0v) is 12.8. The molecule has 0 aliphatic carbocycles. The fraction of sp³-hybridized carbons (Fsp3) is 0.0625. The molecular weight excluding hydrogens is 318 g/mol. The van der Waals surface area contributed by atoms with E-state index in [1.807, 2.05) is 0 Å². The average Bonchev–Trinajstić information content (AvgIpc) is 2.54. The van der Waals surface area contributed by atoms with E-state index in [4.69, 9.17) is 23.1 Å². The first-order valence-electron chi connectivity index (χ1n) is 6.65. The van der Waals surface area contributed by atoms with Gasteiger partial charge in [0.1, 0.15) is 0 Å². The van der Waals surface area contributed by atoms with Crippen LogP contribution in [0, 0.1) is 0 Å². The molecule has 0 unspecified atom stereocenters. The van der Waals surface area contributed by atoms with E-state index in [1.165, 1.54) is 30.3 Å². The lowest BCUT2D eigenvalue weighted by Gasteiger charge is -2.09. The Hall–Kier alpha value is -2.86. The van der Waals surface area contributed by atoms with Crippen molar-refractivity contribution in [2.75, 3.05) is 12.3 Å². The van der Waals surface area contributed by atoms with Gasteiger partial charge in [0.25, 0.3) is 5.91 Å². The van der Waals surface area contributed by atoms with Crippen molar-refractivity contribution < 1.29 is 14.4 Å². The Morgan fingerprint density at radius 2 is 1.70 bits per heavy atom. The second kappa shape index (κ2) is 6.93. The third-order valence-electron chi connectivity index (χ3n) is 3.10. The normalized spacial score (nSPS) is 10.1. The number of amides is 2. The second-order valence-electron chi connectivity index (χ2n) is 4.76. The lowest BCUT2D eigenvalue weighted by Crippen LogP contribution is -2.34. The summed E-state index contributed by atoms with van der Waals surface area (Å²) in [6.45, 7) is -0.310. The fourth-order valence-electron chi connectivity index (χ4n) is 1.98.